The lowest BCUT2D eigenvalue weighted by atomic mass is 10.1. The molecule has 1 unspecified atom stereocenters. The molecule has 0 fully saturated rings. The first-order valence-corrected chi connectivity index (χ1v) is 5.58. The molecule has 1 rings (SSSR count). The maximum absolute atomic E-state index is 10.8. The largest absolute Gasteiger partial charge is 0.314 e. The van der Waals surface area contributed by atoms with E-state index in [2.05, 4.69) is 5.32 Å². The Hall–Kier alpha value is -1.13. The molecule has 88 valence electrons. The van der Waals surface area contributed by atoms with Gasteiger partial charge in [0.1, 0.15) is 0 Å². The number of likely N-dealkylation sites (N-methyl/N-ethyl adjacent to an activating group) is 1. The molecule has 0 aliphatic rings. The number of rotatable bonds is 5. The van der Waals surface area contributed by atoms with Crippen LogP contribution >= 0.6 is 11.6 Å². The molecule has 5 heteroatoms. The van der Waals surface area contributed by atoms with Crippen molar-refractivity contribution in [2.45, 2.75) is 26.3 Å². The minimum atomic E-state index is -0.389. The number of hydrogen-bond donors (Lipinski definition) is 1. The van der Waals surface area contributed by atoms with Gasteiger partial charge in [-0.1, -0.05) is 24.6 Å². The van der Waals surface area contributed by atoms with E-state index in [-0.39, 0.29) is 16.7 Å². The highest BCUT2D eigenvalue weighted by Crippen LogP contribution is 2.24. The standard InChI is InChI=1S/C11H15ClN2O2/c1-3-13-8(2)6-9-4-5-10(12)7-11(9)14(15)16/h4-5,7-8,13H,3,6H2,1-2H3. The third-order valence-corrected chi connectivity index (χ3v) is 2.56. The average Bonchev–Trinajstić information content (AvgIpc) is 2.20. The Labute approximate surface area is 99.8 Å². The van der Waals surface area contributed by atoms with Gasteiger partial charge in [0, 0.05) is 22.7 Å². The number of nitro benzene ring substituents is 1. The van der Waals surface area contributed by atoms with E-state index in [0.29, 0.717) is 17.0 Å². The van der Waals surface area contributed by atoms with Crippen molar-refractivity contribution in [3.63, 3.8) is 0 Å². The van der Waals surface area contributed by atoms with Crippen molar-refractivity contribution in [3.8, 4) is 0 Å². The van der Waals surface area contributed by atoms with Gasteiger partial charge in [0.05, 0.1) is 4.92 Å². The summed E-state index contributed by atoms with van der Waals surface area (Å²) >= 11 is 5.74. The summed E-state index contributed by atoms with van der Waals surface area (Å²) in [5.41, 5.74) is 0.806. The fourth-order valence-electron chi connectivity index (χ4n) is 1.63. The Morgan fingerprint density at radius 2 is 2.25 bits per heavy atom. The van der Waals surface area contributed by atoms with Gasteiger partial charge in [0.2, 0.25) is 0 Å². The number of nitrogens with zero attached hydrogens (tertiary/aromatic N) is 1. The van der Waals surface area contributed by atoms with Crippen molar-refractivity contribution in [3.05, 3.63) is 38.9 Å². The van der Waals surface area contributed by atoms with Crippen LogP contribution in [0.5, 0.6) is 0 Å². The SMILES string of the molecule is CCNC(C)Cc1ccc(Cl)cc1[N+](=O)[O-]. The molecular weight excluding hydrogens is 228 g/mol. The summed E-state index contributed by atoms with van der Waals surface area (Å²) in [5.74, 6) is 0. The highest BCUT2D eigenvalue weighted by Gasteiger charge is 2.15. The van der Waals surface area contributed by atoms with Gasteiger partial charge in [-0.2, -0.15) is 0 Å². The minimum absolute atomic E-state index is 0.0947. The molecule has 0 radical (unpaired) electrons. The number of hydrogen-bond acceptors (Lipinski definition) is 3. The third-order valence-electron chi connectivity index (χ3n) is 2.32. The molecule has 1 aromatic carbocycles. The van der Waals surface area contributed by atoms with Crippen LogP contribution in [0, 0.1) is 10.1 Å². The van der Waals surface area contributed by atoms with Gasteiger partial charge in [-0.3, -0.25) is 10.1 Å². The van der Waals surface area contributed by atoms with Crippen molar-refractivity contribution in [2.24, 2.45) is 0 Å². The Morgan fingerprint density at radius 3 is 2.81 bits per heavy atom. The minimum Gasteiger partial charge on any atom is -0.314 e. The Bertz CT molecular complexity index is 382. The van der Waals surface area contributed by atoms with Gasteiger partial charge >= 0.3 is 0 Å². The fourth-order valence-corrected chi connectivity index (χ4v) is 1.80. The number of halogens is 1. The van der Waals surface area contributed by atoms with Gasteiger partial charge in [-0.15, -0.1) is 0 Å². The summed E-state index contributed by atoms with van der Waals surface area (Å²) in [6, 6.07) is 5.01. The van der Waals surface area contributed by atoms with Crippen molar-refractivity contribution in [1.29, 1.82) is 0 Å². The molecule has 1 atom stereocenters. The van der Waals surface area contributed by atoms with E-state index in [0.717, 1.165) is 6.54 Å². The van der Waals surface area contributed by atoms with Crippen LogP contribution in [0.3, 0.4) is 0 Å². The highest BCUT2D eigenvalue weighted by atomic mass is 35.5. The predicted molar refractivity (Wildman–Crippen MR) is 64.9 cm³/mol. The third kappa shape index (κ3) is 3.47. The van der Waals surface area contributed by atoms with Gasteiger partial charge in [0.25, 0.3) is 5.69 Å². The summed E-state index contributed by atoms with van der Waals surface area (Å²) in [6.07, 6.45) is 0.626. The topological polar surface area (TPSA) is 55.2 Å². The molecular formula is C11H15ClN2O2. The zero-order valence-electron chi connectivity index (χ0n) is 9.37. The van der Waals surface area contributed by atoms with Gasteiger partial charge in [-0.05, 0) is 26.0 Å². The molecule has 0 bridgehead atoms. The quantitative estimate of drug-likeness (QED) is 0.638. The zero-order chi connectivity index (χ0) is 12.1. The fraction of sp³-hybridized carbons (Fsp3) is 0.455. The van der Waals surface area contributed by atoms with Crippen LogP contribution in [0.1, 0.15) is 19.4 Å². The molecule has 0 aromatic heterocycles. The van der Waals surface area contributed by atoms with E-state index in [1.807, 2.05) is 13.8 Å². The van der Waals surface area contributed by atoms with Crippen LogP contribution in [-0.2, 0) is 6.42 Å². The second-order valence-electron chi connectivity index (χ2n) is 3.69. The maximum atomic E-state index is 10.8. The van der Waals surface area contributed by atoms with Crippen LogP contribution < -0.4 is 5.32 Å². The van der Waals surface area contributed by atoms with E-state index in [1.54, 1.807) is 12.1 Å². The summed E-state index contributed by atoms with van der Waals surface area (Å²) in [4.78, 5) is 10.5. The average molecular weight is 243 g/mol. The predicted octanol–water partition coefficient (Wildman–Crippen LogP) is 2.79. The van der Waals surface area contributed by atoms with Crippen molar-refractivity contribution >= 4 is 17.3 Å². The summed E-state index contributed by atoms with van der Waals surface area (Å²) in [6.45, 7) is 4.86. The summed E-state index contributed by atoms with van der Waals surface area (Å²) in [7, 11) is 0. The molecule has 0 aliphatic carbocycles. The Morgan fingerprint density at radius 1 is 1.56 bits per heavy atom. The number of benzene rings is 1. The second-order valence-corrected chi connectivity index (χ2v) is 4.13. The first kappa shape index (κ1) is 12.9. The first-order valence-electron chi connectivity index (χ1n) is 5.20. The van der Waals surface area contributed by atoms with Crippen LogP contribution in [-0.4, -0.2) is 17.5 Å². The molecule has 16 heavy (non-hydrogen) atoms. The Kier molecular flexibility index (Phi) is 4.71. The van der Waals surface area contributed by atoms with Crippen LogP contribution in [0.15, 0.2) is 18.2 Å². The van der Waals surface area contributed by atoms with Gasteiger partial charge in [-0.25, -0.2) is 0 Å². The highest BCUT2D eigenvalue weighted by molar-refractivity contribution is 6.30. The van der Waals surface area contributed by atoms with Gasteiger partial charge < -0.3 is 5.32 Å². The summed E-state index contributed by atoms with van der Waals surface area (Å²) < 4.78 is 0. The van der Waals surface area contributed by atoms with Crippen LogP contribution in [0.2, 0.25) is 5.02 Å². The van der Waals surface area contributed by atoms with Crippen LogP contribution in [0.4, 0.5) is 5.69 Å². The van der Waals surface area contributed by atoms with E-state index < -0.39 is 0 Å². The monoisotopic (exact) mass is 242 g/mol. The number of nitrogens with one attached hydrogen (secondary N) is 1. The van der Waals surface area contributed by atoms with Crippen molar-refractivity contribution < 1.29 is 4.92 Å². The first-order chi connectivity index (χ1) is 7.54. The lowest BCUT2D eigenvalue weighted by Crippen LogP contribution is -2.27. The lowest BCUT2D eigenvalue weighted by Gasteiger charge is -2.12. The van der Waals surface area contributed by atoms with E-state index >= 15 is 0 Å². The summed E-state index contributed by atoms with van der Waals surface area (Å²) in [5, 5.41) is 14.5. The van der Waals surface area contributed by atoms with Crippen molar-refractivity contribution in [1.82, 2.24) is 5.32 Å². The molecule has 0 spiro atoms. The second kappa shape index (κ2) is 5.82. The van der Waals surface area contributed by atoms with Crippen molar-refractivity contribution in [2.75, 3.05) is 6.54 Å². The normalized spacial score (nSPS) is 12.4. The zero-order valence-corrected chi connectivity index (χ0v) is 10.1. The smallest absolute Gasteiger partial charge is 0.274 e. The Balaban J connectivity index is 2.90. The molecule has 0 saturated carbocycles. The molecule has 0 heterocycles. The van der Waals surface area contributed by atoms with E-state index in [4.69, 9.17) is 11.6 Å². The number of nitro groups is 1. The van der Waals surface area contributed by atoms with E-state index in [9.17, 15) is 10.1 Å². The van der Waals surface area contributed by atoms with Gasteiger partial charge in [0.15, 0.2) is 0 Å². The lowest BCUT2D eigenvalue weighted by molar-refractivity contribution is -0.385. The maximum Gasteiger partial charge on any atom is 0.274 e. The molecule has 1 aromatic rings. The van der Waals surface area contributed by atoms with Crippen LogP contribution in [0.25, 0.3) is 0 Å². The molecule has 1 N–H and O–H groups in total. The molecule has 4 nitrogen and oxygen atoms in total. The molecule has 0 aliphatic heterocycles. The van der Waals surface area contributed by atoms with E-state index in [1.165, 1.54) is 6.07 Å². The molecule has 0 saturated heterocycles. The molecule has 0 amide bonds.